The van der Waals surface area contributed by atoms with Crippen LogP contribution in [-0.4, -0.2) is 23.4 Å². The lowest BCUT2D eigenvalue weighted by molar-refractivity contribution is 0.313. The third kappa shape index (κ3) is 6.65. The van der Waals surface area contributed by atoms with Crippen molar-refractivity contribution in [2.75, 3.05) is 13.2 Å². The Morgan fingerprint density at radius 1 is 0.553 bits per heavy atom. The average molecular weight is 513 g/mol. The van der Waals surface area contributed by atoms with Crippen molar-refractivity contribution in [1.29, 1.82) is 0 Å². The van der Waals surface area contributed by atoms with Crippen molar-refractivity contribution >= 4 is 0 Å². The smallest absolute Gasteiger partial charge is 0.162 e. The van der Waals surface area contributed by atoms with E-state index in [2.05, 4.69) is 34.9 Å². The van der Waals surface area contributed by atoms with E-state index in [1.165, 1.54) is 0 Å². The van der Waals surface area contributed by atoms with Gasteiger partial charge in [0.05, 0.1) is 25.3 Å². The first-order chi connectivity index (χ1) is 18.6. The minimum atomic E-state index is -0.147. The van der Waals surface area contributed by atoms with Gasteiger partial charge in [-0.05, 0) is 37.1 Å². The first-order valence-electron chi connectivity index (χ1n) is 13.1. The molecule has 198 valence electrons. The van der Waals surface area contributed by atoms with E-state index in [1.54, 1.807) is 12.1 Å². The lowest BCUT2D eigenvalue weighted by Crippen LogP contribution is -2.35. The van der Waals surface area contributed by atoms with E-state index in [-0.39, 0.29) is 23.6 Å². The average Bonchev–Trinajstić information content (AvgIpc) is 2.95. The molecule has 0 radical (unpaired) electrons. The Morgan fingerprint density at radius 2 is 0.947 bits per heavy atom. The van der Waals surface area contributed by atoms with Crippen LogP contribution in [0.1, 0.15) is 48.2 Å². The van der Waals surface area contributed by atoms with Crippen LogP contribution in [0.2, 0.25) is 0 Å². The highest BCUT2D eigenvalue weighted by molar-refractivity contribution is 5.46. The zero-order valence-electron chi connectivity index (χ0n) is 21.9. The molecular weight excluding hydrogens is 476 g/mol. The number of nitrogens with one attached hydrogen (secondary N) is 2. The second kappa shape index (κ2) is 13.5. The van der Waals surface area contributed by atoms with Crippen molar-refractivity contribution in [2.24, 2.45) is 0 Å². The van der Waals surface area contributed by atoms with E-state index in [4.69, 9.17) is 9.47 Å². The Kier molecular flexibility index (Phi) is 9.62. The third-order valence-electron chi connectivity index (χ3n) is 6.44. The van der Waals surface area contributed by atoms with E-state index in [1.807, 2.05) is 74.5 Å². The Labute approximate surface area is 224 Å². The Morgan fingerprint density at radius 3 is 1.32 bits per heavy atom. The zero-order chi connectivity index (χ0) is 26.7. The highest BCUT2D eigenvalue weighted by Gasteiger charge is 2.25. The Balaban J connectivity index is 1.65. The highest BCUT2D eigenvalue weighted by Crippen LogP contribution is 2.34. The molecule has 0 aliphatic carbocycles. The maximum absolute atomic E-state index is 10.8. The lowest BCUT2D eigenvalue weighted by atomic mass is 9.92. The van der Waals surface area contributed by atoms with Crippen LogP contribution in [0.5, 0.6) is 23.0 Å². The zero-order valence-corrected chi connectivity index (χ0v) is 21.9. The fourth-order valence-corrected chi connectivity index (χ4v) is 4.58. The van der Waals surface area contributed by atoms with Crippen molar-refractivity contribution in [3.05, 3.63) is 119 Å². The van der Waals surface area contributed by atoms with Crippen molar-refractivity contribution in [3.63, 3.8) is 0 Å². The number of hydrogen-bond acceptors (Lipinski definition) is 6. The van der Waals surface area contributed by atoms with E-state index >= 15 is 0 Å². The van der Waals surface area contributed by atoms with Gasteiger partial charge in [0.15, 0.2) is 23.0 Å². The van der Waals surface area contributed by atoms with Gasteiger partial charge in [0.25, 0.3) is 0 Å². The van der Waals surface area contributed by atoms with Gasteiger partial charge in [0.2, 0.25) is 0 Å². The standard InChI is InChI=1S/C32H36N2O4/c1-3-37-27-19-11-17-25(31(27)35)21-33-29(23-13-7-5-8-14-23)30(24-15-9-6-10-16-24)34-22-26-18-12-20-28(32(26)36)38-4-2/h5-20,29-30,33-36H,3-4,21-22H2,1-2H3/t29-,30-/m0/s1. The van der Waals surface area contributed by atoms with Gasteiger partial charge in [-0.25, -0.2) is 0 Å². The summed E-state index contributed by atoms with van der Waals surface area (Å²) in [5, 5.41) is 28.9. The topological polar surface area (TPSA) is 83.0 Å². The largest absolute Gasteiger partial charge is 0.504 e. The summed E-state index contributed by atoms with van der Waals surface area (Å²) >= 11 is 0. The minimum absolute atomic E-state index is 0.147. The quantitative estimate of drug-likeness (QED) is 0.169. The number of hydrogen-bond donors (Lipinski definition) is 4. The van der Waals surface area contributed by atoms with Crippen LogP contribution in [0.4, 0.5) is 0 Å². The molecule has 0 spiro atoms. The maximum Gasteiger partial charge on any atom is 0.162 e. The molecule has 0 bridgehead atoms. The number of para-hydroxylation sites is 2. The number of phenols is 2. The monoisotopic (exact) mass is 512 g/mol. The third-order valence-corrected chi connectivity index (χ3v) is 6.44. The molecule has 6 heteroatoms. The van der Waals surface area contributed by atoms with Crippen LogP contribution in [0.25, 0.3) is 0 Å². The number of benzene rings is 4. The molecule has 0 aromatic heterocycles. The maximum atomic E-state index is 10.8. The van der Waals surface area contributed by atoms with Gasteiger partial charge in [-0.15, -0.1) is 0 Å². The minimum Gasteiger partial charge on any atom is -0.504 e. The molecule has 4 aromatic rings. The van der Waals surface area contributed by atoms with Crippen molar-refractivity contribution in [1.82, 2.24) is 10.6 Å². The van der Waals surface area contributed by atoms with Gasteiger partial charge in [-0.3, -0.25) is 0 Å². The SMILES string of the molecule is CCOc1cccc(CN[C@@H](c2ccccc2)[C@@H](NCc2cccc(OCC)c2O)c2ccccc2)c1O. The van der Waals surface area contributed by atoms with E-state index in [0.29, 0.717) is 37.8 Å². The summed E-state index contributed by atoms with van der Waals surface area (Å²) in [6.45, 7) is 5.62. The molecule has 4 aromatic carbocycles. The molecule has 0 amide bonds. The van der Waals surface area contributed by atoms with Crippen LogP contribution >= 0.6 is 0 Å². The number of ether oxygens (including phenoxy) is 2. The van der Waals surface area contributed by atoms with Crippen LogP contribution in [0.3, 0.4) is 0 Å². The number of rotatable bonds is 13. The Hall–Kier alpha value is -4.00. The summed E-state index contributed by atoms with van der Waals surface area (Å²) in [5.74, 6) is 1.25. The molecule has 4 N–H and O–H groups in total. The summed E-state index contributed by atoms with van der Waals surface area (Å²) in [6.07, 6.45) is 0. The second-order valence-corrected chi connectivity index (χ2v) is 8.93. The molecule has 38 heavy (non-hydrogen) atoms. The van der Waals surface area contributed by atoms with Gasteiger partial charge >= 0.3 is 0 Å². The van der Waals surface area contributed by atoms with Gasteiger partial charge in [-0.1, -0.05) is 84.9 Å². The first kappa shape index (κ1) is 27.0. The number of phenolic OH excluding ortho intramolecular Hbond substituents is 2. The molecule has 0 fully saturated rings. The summed E-state index contributed by atoms with van der Waals surface area (Å²) in [5.41, 5.74) is 3.71. The van der Waals surface area contributed by atoms with Crippen molar-refractivity contribution in [3.8, 4) is 23.0 Å². The highest BCUT2D eigenvalue weighted by atomic mass is 16.5. The molecular formula is C32H36N2O4. The molecule has 0 aliphatic rings. The molecule has 0 saturated heterocycles. The first-order valence-corrected chi connectivity index (χ1v) is 13.1. The van der Waals surface area contributed by atoms with Crippen LogP contribution in [0, 0.1) is 0 Å². The molecule has 2 atom stereocenters. The Bertz CT molecular complexity index is 1180. The van der Waals surface area contributed by atoms with E-state index in [0.717, 1.165) is 22.3 Å². The van der Waals surface area contributed by atoms with Crippen LogP contribution in [-0.2, 0) is 13.1 Å². The van der Waals surface area contributed by atoms with Crippen molar-refractivity contribution < 1.29 is 19.7 Å². The predicted octanol–water partition coefficient (Wildman–Crippen LogP) is 6.26. The van der Waals surface area contributed by atoms with E-state index in [9.17, 15) is 10.2 Å². The molecule has 0 unspecified atom stereocenters. The molecule has 0 heterocycles. The van der Waals surface area contributed by atoms with Gasteiger partial charge in [0, 0.05) is 24.2 Å². The van der Waals surface area contributed by atoms with Crippen LogP contribution in [0.15, 0.2) is 97.1 Å². The molecule has 4 rings (SSSR count). The van der Waals surface area contributed by atoms with Gasteiger partial charge in [-0.2, -0.15) is 0 Å². The number of aromatic hydroxyl groups is 2. The summed E-state index contributed by atoms with van der Waals surface area (Å²) in [7, 11) is 0. The second-order valence-electron chi connectivity index (χ2n) is 8.93. The van der Waals surface area contributed by atoms with E-state index < -0.39 is 0 Å². The van der Waals surface area contributed by atoms with Gasteiger partial charge in [0.1, 0.15) is 0 Å². The molecule has 0 saturated carbocycles. The van der Waals surface area contributed by atoms with Crippen LogP contribution < -0.4 is 20.1 Å². The van der Waals surface area contributed by atoms with Crippen molar-refractivity contribution in [2.45, 2.75) is 39.0 Å². The fourth-order valence-electron chi connectivity index (χ4n) is 4.58. The summed E-state index contributed by atoms with van der Waals surface area (Å²) < 4.78 is 11.2. The lowest BCUT2D eigenvalue weighted by Gasteiger charge is -2.31. The predicted molar refractivity (Wildman–Crippen MR) is 151 cm³/mol. The summed E-state index contributed by atoms with van der Waals surface area (Å²) in [4.78, 5) is 0. The molecule has 0 aliphatic heterocycles. The van der Waals surface area contributed by atoms with Gasteiger partial charge < -0.3 is 30.3 Å². The molecule has 6 nitrogen and oxygen atoms in total. The summed E-state index contributed by atoms with van der Waals surface area (Å²) in [6, 6.07) is 31.3. The fraction of sp³-hybridized carbons (Fsp3) is 0.250. The normalized spacial score (nSPS) is 12.6.